The van der Waals surface area contributed by atoms with Gasteiger partial charge in [-0.1, -0.05) is 48.5 Å². The largest absolute Gasteiger partial charge is 0.283 e. The molecule has 3 aromatic rings. The number of hydrogen-bond acceptors (Lipinski definition) is 4. The van der Waals surface area contributed by atoms with Gasteiger partial charge in [-0.25, -0.2) is 0 Å². The van der Waals surface area contributed by atoms with Crippen LogP contribution in [0.1, 0.15) is 22.2 Å². The fraction of sp³-hybridized carbons (Fsp3) is 0.150. The Morgan fingerprint density at radius 1 is 1.04 bits per heavy atom. The van der Waals surface area contributed by atoms with Gasteiger partial charge in [0.1, 0.15) is 5.25 Å². The third kappa shape index (κ3) is 5.46. The molecule has 0 radical (unpaired) electrons. The number of carbonyl (C=O) groups excluding carboxylic acids is 2. The van der Waals surface area contributed by atoms with E-state index in [1.807, 2.05) is 67.6 Å². The van der Waals surface area contributed by atoms with Crippen LogP contribution in [0.15, 0.2) is 71.6 Å². The number of aromatic nitrogens is 2. The number of carbonyl (C=O) groups is 2. The normalized spacial score (nSPS) is 11.6. The summed E-state index contributed by atoms with van der Waals surface area (Å²) in [6.45, 7) is 1.86. The molecule has 0 saturated heterocycles. The molecule has 7 heteroatoms. The van der Waals surface area contributed by atoms with Crippen molar-refractivity contribution in [1.29, 1.82) is 0 Å². The standard InChI is InChI=1S/C20H20N4O2S/c1-14-12-16(22-21-14)13-18(25)23-24-20(26)19(15-8-4-2-5-9-15)27-17-10-6-3-7-11-17/h2-12,19H,13H2,1H3,(H,21,22)(H,23,25)(H,24,26). The number of aromatic amines is 1. The summed E-state index contributed by atoms with van der Waals surface area (Å²) in [5.74, 6) is -0.618. The van der Waals surface area contributed by atoms with Gasteiger partial charge in [0.15, 0.2) is 0 Å². The lowest BCUT2D eigenvalue weighted by Gasteiger charge is -2.17. The summed E-state index contributed by atoms with van der Waals surface area (Å²) in [6.07, 6.45) is 0.0897. The molecule has 0 saturated carbocycles. The summed E-state index contributed by atoms with van der Waals surface area (Å²) < 4.78 is 0. The van der Waals surface area contributed by atoms with Crippen molar-refractivity contribution in [2.24, 2.45) is 0 Å². The van der Waals surface area contributed by atoms with Gasteiger partial charge in [0.2, 0.25) is 5.91 Å². The minimum atomic E-state index is -0.485. The first kappa shape index (κ1) is 18.7. The first-order valence-corrected chi connectivity index (χ1v) is 9.36. The number of nitrogens with one attached hydrogen (secondary N) is 3. The molecular weight excluding hydrogens is 360 g/mol. The lowest BCUT2D eigenvalue weighted by Crippen LogP contribution is -2.44. The Hall–Kier alpha value is -3.06. The average molecular weight is 380 g/mol. The van der Waals surface area contributed by atoms with Crippen LogP contribution in [0.5, 0.6) is 0 Å². The maximum atomic E-state index is 12.7. The van der Waals surface area contributed by atoms with Crippen molar-refractivity contribution in [2.75, 3.05) is 0 Å². The van der Waals surface area contributed by atoms with Crippen LogP contribution in [0.25, 0.3) is 0 Å². The van der Waals surface area contributed by atoms with Crippen LogP contribution in [0.2, 0.25) is 0 Å². The summed E-state index contributed by atoms with van der Waals surface area (Å²) in [5, 5.41) is 6.32. The molecule has 27 heavy (non-hydrogen) atoms. The van der Waals surface area contributed by atoms with E-state index in [1.165, 1.54) is 11.8 Å². The molecule has 0 spiro atoms. The van der Waals surface area contributed by atoms with Crippen molar-refractivity contribution in [3.05, 3.63) is 83.7 Å². The van der Waals surface area contributed by atoms with Crippen molar-refractivity contribution in [3.63, 3.8) is 0 Å². The predicted molar refractivity (Wildman–Crippen MR) is 105 cm³/mol. The Labute approximate surface area is 161 Å². The Kier molecular flexibility index (Phi) is 6.27. The molecule has 3 rings (SSSR count). The topological polar surface area (TPSA) is 86.9 Å². The van der Waals surface area contributed by atoms with Crippen molar-refractivity contribution >= 4 is 23.6 Å². The Balaban J connectivity index is 1.64. The highest BCUT2D eigenvalue weighted by atomic mass is 32.2. The van der Waals surface area contributed by atoms with E-state index in [4.69, 9.17) is 0 Å². The van der Waals surface area contributed by atoms with Crippen LogP contribution in [-0.2, 0) is 16.0 Å². The zero-order valence-corrected chi connectivity index (χ0v) is 15.6. The average Bonchev–Trinajstić information content (AvgIpc) is 3.10. The molecular formula is C20H20N4O2S. The quantitative estimate of drug-likeness (QED) is 0.453. The number of rotatable bonds is 6. The molecule has 3 N–H and O–H groups in total. The minimum Gasteiger partial charge on any atom is -0.283 e. The second-order valence-corrected chi connectivity index (χ2v) is 7.16. The van der Waals surface area contributed by atoms with E-state index in [-0.39, 0.29) is 18.2 Å². The van der Waals surface area contributed by atoms with E-state index < -0.39 is 5.25 Å². The molecule has 0 bridgehead atoms. The third-order valence-electron chi connectivity index (χ3n) is 3.76. The number of thioether (sulfide) groups is 1. The highest BCUT2D eigenvalue weighted by Gasteiger charge is 2.22. The van der Waals surface area contributed by atoms with Crippen molar-refractivity contribution in [3.8, 4) is 0 Å². The van der Waals surface area contributed by atoms with Gasteiger partial charge >= 0.3 is 0 Å². The van der Waals surface area contributed by atoms with E-state index >= 15 is 0 Å². The van der Waals surface area contributed by atoms with Crippen LogP contribution in [0.4, 0.5) is 0 Å². The van der Waals surface area contributed by atoms with E-state index in [1.54, 1.807) is 6.07 Å². The molecule has 1 aromatic heterocycles. The Morgan fingerprint density at radius 2 is 1.70 bits per heavy atom. The van der Waals surface area contributed by atoms with Gasteiger partial charge in [-0.15, -0.1) is 11.8 Å². The molecule has 2 aromatic carbocycles. The molecule has 0 aliphatic rings. The number of H-pyrrole nitrogens is 1. The Morgan fingerprint density at radius 3 is 2.33 bits per heavy atom. The summed E-state index contributed by atoms with van der Waals surface area (Å²) in [6, 6.07) is 20.9. The van der Waals surface area contributed by atoms with Gasteiger partial charge in [0, 0.05) is 10.6 Å². The SMILES string of the molecule is Cc1cc(CC(=O)NNC(=O)C(Sc2ccccc2)c2ccccc2)n[nH]1. The number of hydrogen-bond donors (Lipinski definition) is 3. The van der Waals surface area contributed by atoms with E-state index in [0.29, 0.717) is 5.69 Å². The number of amides is 2. The molecule has 6 nitrogen and oxygen atoms in total. The van der Waals surface area contributed by atoms with Gasteiger partial charge in [0.25, 0.3) is 5.91 Å². The zero-order chi connectivity index (χ0) is 19.1. The van der Waals surface area contributed by atoms with Gasteiger partial charge in [-0.05, 0) is 30.7 Å². The van der Waals surface area contributed by atoms with Gasteiger partial charge in [-0.3, -0.25) is 25.5 Å². The van der Waals surface area contributed by atoms with Crippen molar-refractivity contribution in [2.45, 2.75) is 23.5 Å². The summed E-state index contributed by atoms with van der Waals surface area (Å²) in [7, 11) is 0. The number of benzene rings is 2. The first-order valence-electron chi connectivity index (χ1n) is 8.48. The first-order chi connectivity index (χ1) is 13.1. The van der Waals surface area contributed by atoms with E-state index in [2.05, 4.69) is 21.0 Å². The maximum absolute atomic E-state index is 12.7. The maximum Gasteiger partial charge on any atom is 0.256 e. The predicted octanol–water partition coefficient (Wildman–Crippen LogP) is 2.94. The summed E-state index contributed by atoms with van der Waals surface area (Å²) >= 11 is 1.43. The molecule has 0 aliphatic heterocycles. The summed E-state index contributed by atoms with van der Waals surface area (Å²) in [4.78, 5) is 25.8. The second kappa shape index (κ2) is 9.05. The molecule has 1 unspecified atom stereocenters. The van der Waals surface area contributed by atoms with Gasteiger partial charge in [0.05, 0.1) is 12.1 Å². The molecule has 2 amide bonds. The third-order valence-corrected chi connectivity index (χ3v) is 5.03. The van der Waals surface area contributed by atoms with Crippen LogP contribution in [0.3, 0.4) is 0 Å². The van der Waals surface area contributed by atoms with Gasteiger partial charge < -0.3 is 0 Å². The summed E-state index contributed by atoms with van der Waals surface area (Å²) in [5.41, 5.74) is 7.37. The van der Waals surface area contributed by atoms with Crippen LogP contribution < -0.4 is 10.9 Å². The number of nitrogens with zero attached hydrogens (tertiary/aromatic N) is 1. The lowest BCUT2D eigenvalue weighted by molar-refractivity contribution is -0.128. The fourth-order valence-electron chi connectivity index (χ4n) is 2.51. The second-order valence-electron chi connectivity index (χ2n) is 5.98. The molecule has 0 aliphatic carbocycles. The highest BCUT2D eigenvalue weighted by Crippen LogP contribution is 2.35. The van der Waals surface area contributed by atoms with E-state index in [9.17, 15) is 9.59 Å². The monoisotopic (exact) mass is 380 g/mol. The van der Waals surface area contributed by atoms with Crippen LogP contribution in [-0.4, -0.2) is 22.0 Å². The number of aryl methyl sites for hydroxylation is 1. The molecule has 1 heterocycles. The van der Waals surface area contributed by atoms with Crippen LogP contribution >= 0.6 is 11.8 Å². The molecule has 0 fully saturated rings. The van der Waals surface area contributed by atoms with Gasteiger partial charge in [-0.2, -0.15) is 5.10 Å². The Bertz CT molecular complexity index is 897. The van der Waals surface area contributed by atoms with Crippen molar-refractivity contribution in [1.82, 2.24) is 21.0 Å². The van der Waals surface area contributed by atoms with E-state index in [0.717, 1.165) is 16.2 Å². The smallest absolute Gasteiger partial charge is 0.256 e. The number of hydrazine groups is 1. The zero-order valence-electron chi connectivity index (χ0n) is 14.8. The fourth-order valence-corrected chi connectivity index (χ4v) is 3.55. The lowest BCUT2D eigenvalue weighted by atomic mass is 10.1. The van der Waals surface area contributed by atoms with Crippen molar-refractivity contribution < 1.29 is 9.59 Å². The minimum absolute atomic E-state index is 0.0897. The highest BCUT2D eigenvalue weighted by molar-refractivity contribution is 8.00. The molecule has 1 atom stereocenters. The molecule has 138 valence electrons. The van der Waals surface area contributed by atoms with Crippen LogP contribution in [0, 0.1) is 6.92 Å².